The number of hydrogen-bond donors (Lipinski definition) is 2. The van der Waals surface area contributed by atoms with Gasteiger partial charge in [-0.25, -0.2) is 4.79 Å². The zero-order chi connectivity index (χ0) is 15.2. The van der Waals surface area contributed by atoms with Crippen molar-refractivity contribution in [3.63, 3.8) is 0 Å². The number of hydrogen-bond acceptors (Lipinski definition) is 4. The summed E-state index contributed by atoms with van der Waals surface area (Å²) in [5.74, 6) is 0.330. The Morgan fingerprint density at radius 3 is 2.57 bits per heavy atom. The zero-order valence-electron chi connectivity index (χ0n) is 11.8. The third-order valence-electron chi connectivity index (χ3n) is 2.61. The molecule has 0 saturated carbocycles. The number of anilines is 2. The van der Waals surface area contributed by atoms with Crippen molar-refractivity contribution in [2.45, 2.75) is 6.92 Å². The van der Waals surface area contributed by atoms with Crippen molar-refractivity contribution in [2.75, 3.05) is 17.2 Å². The highest BCUT2D eigenvalue weighted by molar-refractivity contribution is 7.80. The van der Waals surface area contributed by atoms with Gasteiger partial charge in [-0.1, -0.05) is 0 Å². The maximum absolute atomic E-state index is 11.5. The molecule has 2 rings (SSSR count). The molecule has 2 aromatic rings. The molecule has 1 heterocycles. The van der Waals surface area contributed by atoms with E-state index >= 15 is 0 Å². The first-order chi connectivity index (χ1) is 10.1. The number of aryl methyl sites for hydroxylation is 1. The van der Waals surface area contributed by atoms with Gasteiger partial charge >= 0.3 is 5.97 Å². The maximum atomic E-state index is 11.5. The number of ether oxygens (including phenoxy) is 1. The van der Waals surface area contributed by atoms with Crippen molar-refractivity contribution in [2.24, 2.45) is 7.05 Å². The molecular weight excluding hydrogens is 288 g/mol. The first-order valence-corrected chi connectivity index (χ1v) is 6.84. The van der Waals surface area contributed by atoms with Crippen LogP contribution in [0.15, 0.2) is 36.5 Å². The molecule has 1 aromatic heterocycles. The van der Waals surface area contributed by atoms with Crippen LogP contribution < -0.4 is 10.6 Å². The van der Waals surface area contributed by atoms with E-state index in [-0.39, 0.29) is 5.97 Å². The molecule has 0 aliphatic heterocycles. The van der Waals surface area contributed by atoms with Gasteiger partial charge in [-0.05, 0) is 43.4 Å². The summed E-state index contributed by atoms with van der Waals surface area (Å²) in [5.41, 5.74) is 1.28. The fourth-order valence-corrected chi connectivity index (χ4v) is 1.89. The van der Waals surface area contributed by atoms with E-state index < -0.39 is 0 Å². The molecule has 2 N–H and O–H groups in total. The van der Waals surface area contributed by atoms with E-state index in [0.29, 0.717) is 23.1 Å². The van der Waals surface area contributed by atoms with Crippen molar-refractivity contribution < 1.29 is 9.53 Å². The Labute approximate surface area is 128 Å². The Morgan fingerprint density at radius 2 is 2.00 bits per heavy atom. The molecule has 0 atom stereocenters. The van der Waals surface area contributed by atoms with Crippen molar-refractivity contribution in [1.29, 1.82) is 0 Å². The standard InChI is InChI=1S/C14H16N4O2S/c1-3-20-13(19)10-4-6-11(7-5-10)15-14(21)16-12-8-9-18(2)17-12/h4-9H,3H2,1-2H3,(H2,15,16,17,21). The largest absolute Gasteiger partial charge is 0.462 e. The molecule has 0 bridgehead atoms. The number of aromatic nitrogens is 2. The van der Waals surface area contributed by atoms with Crippen LogP contribution in [0.1, 0.15) is 17.3 Å². The van der Waals surface area contributed by atoms with E-state index in [9.17, 15) is 4.79 Å². The van der Waals surface area contributed by atoms with Gasteiger partial charge in [0.25, 0.3) is 0 Å². The van der Waals surface area contributed by atoms with E-state index in [4.69, 9.17) is 17.0 Å². The number of nitrogens with zero attached hydrogens (tertiary/aromatic N) is 2. The van der Waals surface area contributed by atoms with Crippen LogP contribution in [0.25, 0.3) is 0 Å². The molecule has 0 fully saturated rings. The van der Waals surface area contributed by atoms with Gasteiger partial charge in [0.15, 0.2) is 10.9 Å². The second-order valence-electron chi connectivity index (χ2n) is 4.25. The normalized spacial score (nSPS) is 10.0. The van der Waals surface area contributed by atoms with Crippen molar-refractivity contribution in [1.82, 2.24) is 9.78 Å². The van der Waals surface area contributed by atoms with Crippen molar-refractivity contribution >= 4 is 34.8 Å². The third kappa shape index (κ3) is 4.28. The van der Waals surface area contributed by atoms with Crippen LogP contribution in [0, 0.1) is 0 Å². The van der Waals surface area contributed by atoms with E-state index in [2.05, 4.69) is 15.7 Å². The summed E-state index contributed by atoms with van der Waals surface area (Å²) in [4.78, 5) is 11.5. The quantitative estimate of drug-likeness (QED) is 0.668. The van der Waals surface area contributed by atoms with Gasteiger partial charge in [0.2, 0.25) is 0 Å². The maximum Gasteiger partial charge on any atom is 0.338 e. The lowest BCUT2D eigenvalue weighted by Gasteiger charge is -2.09. The van der Waals surface area contributed by atoms with Gasteiger partial charge in [-0.15, -0.1) is 0 Å². The zero-order valence-corrected chi connectivity index (χ0v) is 12.6. The molecule has 21 heavy (non-hydrogen) atoms. The molecule has 0 aliphatic carbocycles. The van der Waals surface area contributed by atoms with E-state index in [1.54, 1.807) is 35.9 Å². The Morgan fingerprint density at radius 1 is 1.29 bits per heavy atom. The molecule has 0 amide bonds. The topological polar surface area (TPSA) is 68.2 Å². The van der Waals surface area contributed by atoms with Crippen LogP contribution in [-0.2, 0) is 11.8 Å². The lowest BCUT2D eigenvalue weighted by Crippen LogP contribution is -2.19. The number of carbonyl (C=O) groups excluding carboxylic acids is 1. The number of esters is 1. The summed E-state index contributed by atoms with van der Waals surface area (Å²) < 4.78 is 6.60. The average Bonchev–Trinajstić information content (AvgIpc) is 2.85. The Kier molecular flexibility index (Phi) is 4.89. The Hall–Kier alpha value is -2.41. The Bertz CT molecular complexity index is 637. The molecule has 6 nitrogen and oxygen atoms in total. The molecule has 0 radical (unpaired) electrons. The molecule has 1 aromatic carbocycles. The van der Waals surface area contributed by atoms with Crippen LogP contribution in [0.4, 0.5) is 11.5 Å². The molecule has 7 heteroatoms. The van der Waals surface area contributed by atoms with Crippen LogP contribution in [0.5, 0.6) is 0 Å². The second-order valence-corrected chi connectivity index (χ2v) is 4.66. The minimum absolute atomic E-state index is 0.335. The lowest BCUT2D eigenvalue weighted by atomic mass is 10.2. The van der Waals surface area contributed by atoms with Crippen LogP contribution in [0.3, 0.4) is 0 Å². The molecule has 0 aliphatic rings. The van der Waals surface area contributed by atoms with Crippen molar-refractivity contribution in [3.8, 4) is 0 Å². The second kappa shape index (κ2) is 6.85. The summed E-state index contributed by atoms with van der Waals surface area (Å²) in [7, 11) is 1.83. The first kappa shape index (κ1) is 15.0. The van der Waals surface area contributed by atoms with Gasteiger partial charge in [0.05, 0.1) is 12.2 Å². The van der Waals surface area contributed by atoms with Crippen LogP contribution in [0.2, 0.25) is 0 Å². The summed E-state index contributed by atoms with van der Waals surface area (Å²) >= 11 is 5.19. The smallest absolute Gasteiger partial charge is 0.338 e. The van der Waals surface area contributed by atoms with E-state index in [1.807, 2.05) is 19.3 Å². The highest BCUT2D eigenvalue weighted by Gasteiger charge is 2.06. The highest BCUT2D eigenvalue weighted by atomic mass is 32.1. The number of benzene rings is 1. The molecular formula is C14H16N4O2S. The molecule has 0 saturated heterocycles. The first-order valence-electron chi connectivity index (χ1n) is 6.43. The molecule has 0 spiro atoms. The van der Waals surface area contributed by atoms with Gasteiger partial charge in [0.1, 0.15) is 0 Å². The van der Waals surface area contributed by atoms with Crippen LogP contribution >= 0.6 is 12.2 Å². The lowest BCUT2D eigenvalue weighted by molar-refractivity contribution is 0.0526. The van der Waals surface area contributed by atoms with Gasteiger partial charge in [-0.2, -0.15) is 5.10 Å². The Balaban J connectivity index is 1.93. The van der Waals surface area contributed by atoms with E-state index in [1.165, 1.54) is 0 Å². The minimum atomic E-state index is -0.335. The minimum Gasteiger partial charge on any atom is -0.462 e. The summed E-state index contributed by atoms with van der Waals surface area (Å²) in [6, 6.07) is 8.71. The molecule has 0 unspecified atom stereocenters. The van der Waals surface area contributed by atoms with E-state index in [0.717, 1.165) is 5.69 Å². The predicted octanol–water partition coefficient (Wildman–Crippen LogP) is 2.41. The number of thiocarbonyl (C=S) groups is 1. The summed E-state index contributed by atoms with van der Waals surface area (Å²) in [6.45, 7) is 2.13. The van der Waals surface area contributed by atoms with Crippen molar-refractivity contribution in [3.05, 3.63) is 42.1 Å². The highest BCUT2D eigenvalue weighted by Crippen LogP contribution is 2.11. The number of nitrogens with one attached hydrogen (secondary N) is 2. The summed E-state index contributed by atoms with van der Waals surface area (Å²) in [6.07, 6.45) is 1.82. The monoisotopic (exact) mass is 304 g/mol. The number of rotatable bonds is 4. The van der Waals surface area contributed by atoms with Crippen LogP contribution in [-0.4, -0.2) is 27.5 Å². The fourth-order valence-electron chi connectivity index (χ4n) is 1.66. The van der Waals surface area contributed by atoms with Gasteiger partial charge in [0, 0.05) is 25.0 Å². The fraction of sp³-hybridized carbons (Fsp3) is 0.214. The number of carbonyl (C=O) groups is 1. The third-order valence-corrected chi connectivity index (χ3v) is 2.81. The predicted molar refractivity (Wildman–Crippen MR) is 85.4 cm³/mol. The van der Waals surface area contributed by atoms with Gasteiger partial charge < -0.3 is 15.4 Å². The average molecular weight is 304 g/mol. The van der Waals surface area contributed by atoms with Gasteiger partial charge in [-0.3, -0.25) is 4.68 Å². The molecule has 110 valence electrons. The SMILES string of the molecule is CCOC(=O)c1ccc(NC(=S)Nc2ccn(C)n2)cc1. The summed E-state index contributed by atoms with van der Waals surface area (Å²) in [5, 5.41) is 10.6.